The number of halogens is 3. The number of thioether (sulfide) groups is 1. The number of allylic oxidation sites excluding steroid dienone is 1. The van der Waals surface area contributed by atoms with Crippen molar-refractivity contribution in [2.75, 3.05) is 0 Å². The third-order valence-corrected chi connectivity index (χ3v) is 2.53. The van der Waals surface area contributed by atoms with E-state index >= 15 is 0 Å². The number of benzene rings is 1. The average Bonchev–Trinajstić information content (AvgIpc) is 2.14. The Morgan fingerprint density at radius 3 is 2.27 bits per heavy atom. The molecule has 0 nitrogen and oxygen atoms in total. The molecule has 0 aromatic heterocycles. The van der Waals surface area contributed by atoms with Crippen LogP contribution in [0.3, 0.4) is 0 Å². The van der Waals surface area contributed by atoms with Gasteiger partial charge < -0.3 is 0 Å². The van der Waals surface area contributed by atoms with Crippen LogP contribution in [0.5, 0.6) is 0 Å². The van der Waals surface area contributed by atoms with Crippen molar-refractivity contribution >= 4 is 11.8 Å². The maximum atomic E-state index is 12.0. The van der Waals surface area contributed by atoms with Crippen LogP contribution in [0.15, 0.2) is 41.8 Å². The topological polar surface area (TPSA) is 0 Å². The van der Waals surface area contributed by atoms with Crippen LogP contribution in [0.4, 0.5) is 13.2 Å². The predicted octanol–water partition coefficient (Wildman–Crippen LogP) is 4.42. The Morgan fingerprint density at radius 1 is 1.20 bits per heavy atom. The summed E-state index contributed by atoms with van der Waals surface area (Å²) in [6.45, 7) is 3.59. The first kappa shape index (κ1) is 12.2. The average molecular weight is 232 g/mol. The molecule has 82 valence electrons. The van der Waals surface area contributed by atoms with Crippen LogP contribution >= 0.6 is 11.8 Å². The second-order valence-corrected chi connectivity index (χ2v) is 4.16. The Kier molecular flexibility index (Phi) is 4.27. The van der Waals surface area contributed by atoms with E-state index in [2.05, 4.69) is 6.58 Å². The fourth-order valence-electron chi connectivity index (χ4n) is 1.13. The molecule has 0 saturated heterocycles. The maximum absolute atomic E-state index is 12.0. The van der Waals surface area contributed by atoms with E-state index in [0.717, 1.165) is 18.4 Å². The van der Waals surface area contributed by atoms with Gasteiger partial charge in [0, 0.05) is 4.90 Å². The van der Waals surface area contributed by atoms with Crippen molar-refractivity contribution in [2.24, 2.45) is 0 Å². The van der Waals surface area contributed by atoms with E-state index in [4.69, 9.17) is 0 Å². The molecule has 15 heavy (non-hydrogen) atoms. The fourth-order valence-corrected chi connectivity index (χ4v) is 1.67. The molecule has 1 aromatic rings. The molecule has 0 bridgehead atoms. The van der Waals surface area contributed by atoms with Gasteiger partial charge in [0.05, 0.1) is 0 Å². The molecule has 0 aliphatic heterocycles. The summed E-state index contributed by atoms with van der Waals surface area (Å²) in [5.74, 6) is 0. The van der Waals surface area contributed by atoms with Gasteiger partial charge in [-0.2, -0.15) is 13.2 Å². The first-order chi connectivity index (χ1) is 7.01. The highest BCUT2D eigenvalue weighted by atomic mass is 32.2. The quantitative estimate of drug-likeness (QED) is 0.547. The van der Waals surface area contributed by atoms with E-state index in [0.29, 0.717) is 0 Å². The first-order valence-electron chi connectivity index (χ1n) is 4.47. The third kappa shape index (κ3) is 4.93. The van der Waals surface area contributed by atoms with Crippen molar-refractivity contribution in [2.45, 2.75) is 23.2 Å². The summed E-state index contributed by atoms with van der Waals surface area (Å²) >= 11 is -0.0869. The van der Waals surface area contributed by atoms with Crippen molar-refractivity contribution in [3.8, 4) is 0 Å². The van der Waals surface area contributed by atoms with Crippen LogP contribution in [0.25, 0.3) is 0 Å². The van der Waals surface area contributed by atoms with Crippen molar-refractivity contribution in [1.29, 1.82) is 0 Å². The van der Waals surface area contributed by atoms with Crippen LogP contribution in [-0.4, -0.2) is 5.51 Å². The zero-order valence-corrected chi connectivity index (χ0v) is 8.87. The lowest BCUT2D eigenvalue weighted by Crippen LogP contribution is -1.98. The van der Waals surface area contributed by atoms with E-state index in [-0.39, 0.29) is 16.7 Å². The van der Waals surface area contributed by atoms with Gasteiger partial charge in [0.1, 0.15) is 0 Å². The molecule has 0 atom stereocenters. The number of aryl methyl sites for hydroxylation is 1. The third-order valence-electron chi connectivity index (χ3n) is 1.79. The summed E-state index contributed by atoms with van der Waals surface area (Å²) in [5, 5.41) is 0. The zero-order valence-electron chi connectivity index (χ0n) is 8.05. The highest BCUT2D eigenvalue weighted by Gasteiger charge is 2.28. The molecular weight excluding hydrogens is 221 g/mol. The predicted molar refractivity (Wildman–Crippen MR) is 56.9 cm³/mol. The largest absolute Gasteiger partial charge is 0.446 e. The molecule has 0 amide bonds. The van der Waals surface area contributed by atoms with Crippen LogP contribution in [0, 0.1) is 0 Å². The van der Waals surface area contributed by atoms with Crippen LogP contribution < -0.4 is 0 Å². The van der Waals surface area contributed by atoms with Crippen molar-refractivity contribution in [3.63, 3.8) is 0 Å². The number of hydrogen-bond donors (Lipinski definition) is 0. The monoisotopic (exact) mass is 232 g/mol. The Morgan fingerprint density at radius 2 is 1.80 bits per heavy atom. The highest BCUT2D eigenvalue weighted by Crippen LogP contribution is 2.36. The zero-order chi connectivity index (χ0) is 11.3. The Hall–Kier alpha value is -0.900. The van der Waals surface area contributed by atoms with Crippen molar-refractivity contribution in [3.05, 3.63) is 42.5 Å². The second-order valence-electron chi connectivity index (χ2n) is 3.02. The minimum Gasteiger partial charge on any atom is -0.160 e. The molecule has 0 aliphatic carbocycles. The van der Waals surface area contributed by atoms with Crippen molar-refractivity contribution < 1.29 is 13.2 Å². The molecule has 0 aliphatic rings. The Bertz CT molecular complexity index is 314. The van der Waals surface area contributed by atoms with Gasteiger partial charge >= 0.3 is 5.51 Å². The van der Waals surface area contributed by atoms with E-state index in [1.54, 1.807) is 18.2 Å². The minimum atomic E-state index is -4.21. The van der Waals surface area contributed by atoms with E-state index in [9.17, 15) is 13.2 Å². The summed E-state index contributed by atoms with van der Waals surface area (Å²) < 4.78 is 36.0. The molecule has 0 fully saturated rings. The molecule has 0 N–H and O–H groups in total. The summed E-state index contributed by atoms with van der Waals surface area (Å²) in [6, 6.07) is 6.43. The maximum Gasteiger partial charge on any atom is 0.446 e. The smallest absolute Gasteiger partial charge is 0.160 e. The summed E-state index contributed by atoms with van der Waals surface area (Å²) in [5.41, 5.74) is -3.18. The molecule has 0 radical (unpaired) electrons. The van der Waals surface area contributed by atoms with Gasteiger partial charge in [0.15, 0.2) is 0 Å². The Labute approximate surface area is 91.2 Å². The normalized spacial score (nSPS) is 11.4. The van der Waals surface area contributed by atoms with Gasteiger partial charge in [-0.05, 0) is 42.3 Å². The molecule has 1 aromatic carbocycles. The van der Waals surface area contributed by atoms with Gasteiger partial charge in [-0.3, -0.25) is 0 Å². The molecule has 4 heteroatoms. The van der Waals surface area contributed by atoms with Gasteiger partial charge in [-0.1, -0.05) is 18.2 Å². The highest BCUT2D eigenvalue weighted by molar-refractivity contribution is 8.00. The number of alkyl halides is 3. The fraction of sp³-hybridized carbons (Fsp3) is 0.273. The lowest BCUT2D eigenvalue weighted by atomic mass is 10.1. The molecule has 0 spiro atoms. The van der Waals surface area contributed by atoms with E-state index < -0.39 is 5.51 Å². The molecule has 0 saturated carbocycles. The minimum absolute atomic E-state index is 0.0869. The lowest BCUT2D eigenvalue weighted by Gasteiger charge is -2.05. The number of rotatable bonds is 4. The van der Waals surface area contributed by atoms with E-state index in [1.807, 2.05) is 0 Å². The van der Waals surface area contributed by atoms with Gasteiger partial charge in [0.2, 0.25) is 0 Å². The SMILES string of the molecule is C=CCCc1ccc(SC(F)(F)F)cc1. The standard InChI is InChI=1S/C11H11F3S/c1-2-3-4-9-5-7-10(8-6-9)15-11(12,13)14/h2,5-8H,1,3-4H2. The second kappa shape index (κ2) is 5.26. The molecule has 0 heterocycles. The number of hydrogen-bond acceptors (Lipinski definition) is 1. The summed E-state index contributed by atoms with van der Waals surface area (Å²) in [4.78, 5) is 0.227. The van der Waals surface area contributed by atoms with Gasteiger partial charge in [-0.15, -0.1) is 6.58 Å². The van der Waals surface area contributed by atoms with Crippen LogP contribution in [0.2, 0.25) is 0 Å². The van der Waals surface area contributed by atoms with Crippen LogP contribution in [-0.2, 0) is 6.42 Å². The molecule has 0 unspecified atom stereocenters. The summed E-state index contributed by atoms with van der Waals surface area (Å²) in [6.07, 6.45) is 3.45. The Balaban J connectivity index is 2.60. The van der Waals surface area contributed by atoms with Crippen LogP contribution in [0.1, 0.15) is 12.0 Å². The van der Waals surface area contributed by atoms with Crippen molar-refractivity contribution in [1.82, 2.24) is 0 Å². The first-order valence-corrected chi connectivity index (χ1v) is 5.28. The van der Waals surface area contributed by atoms with Gasteiger partial charge in [0.25, 0.3) is 0 Å². The lowest BCUT2D eigenvalue weighted by molar-refractivity contribution is -0.0328. The molecular formula is C11H11F3S. The summed E-state index contributed by atoms with van der Waals surface area (Å²) in [7, 11) is 0. The van der Waals surface area contributed by atoms with E-state index in [1.165, 1.54) is 12.1 Å². The van der Waals surface area contributed by atoms with Gasteiger partial charge in [-0.25, -0.2) is 0 Å². The molecule has 1 rings (SSSR count).